The minimum Gasteiger partial charge on any atom is -0.388 e. The molecular formula is C5H10O5. The minimum absolute atomic E-state index is 0.363. The molecule has 0 spiro atoms. The van der Waals surface area contributed by atoms with Crippen molar-refractivity contribution < 1.29 is 26.5 Å². The summed E-state index contributed by atoms with van der Waals surface area (Å²) in [4.78, 5) is 0. The third-order valence-corrected chi connectivity index (χ3v) is 1.37. The van der Waals surface area contributed by atoms with Crippen LogP contribution in [-0.2, 0) is 4.74 Å². The SMILES string of the molecule is [2H][C@]1(O)OC[C@H](O)[C@H](O)[C@H]1O. The van der Waals surface area contributed by atoms with Gasteiger partial charge in [-0.25, -0.2) is 0 Å². The van der Waals surface area contributed by atoms with E-state index in [1.54, 1.807) is 0 Å². The molecule has 4 atom stereocenters. The third-order valence-electron chi connectivity index (χ3n) is 1.37. The third kappa shape index (κ3) is 1.28. The summed E-state index contributed by atoms with van der Waals surface area (Å²) in [5, 5.41) is 35.5. The Balaban J connectivity index is 2.67. The molecule has 60 valence electrons. The van der Waals surface area contributed by atoms with E-state index in [2.05, 4.69) is 4.74 Å². The number of ether oxygens (including phenoxy) is 1. The lowest BCUT2D eigenvalue weighted by atomic mass is 10.1. The maximum absolute atomic E-state index is 8.92. The highest BCUT2D eigenvalue weighted by Crippen LogP contribution is 2.12. The largest absolute Gasteiger partial charge is 0.388 e. The van der Waals surface area contributed by atoms with Gasteiger partial charge in [-0.3, -0.25) is 0 Å². The zero-order valence-corrected chi connectivity index (χ0v) is 5.14. The molecule has 0 aromatic rings. The van der Waals surface area contributed by atoms with E-state index >= 15 is 0 Å². The number of rotatable bonds is 0. The molecule has 0 aromatic carbocycles. The number of aliphatic hydroxyl groups excluding tert-OH is 3. The van der Waals surface area contributed by atoms with Gasteiger partial charge in [0.2, 0.25) is 0 Å². The Labute approximate surface area is 58.9 Å². The van der Waals surface area contributed by atoms with Gasteiger partial charge in [0.05, 0.1) is 7.98 Å². The van der Waals surface area contributed by atoms with Gasteiger partial charge in [0.25, 0.3) is 0 Å². The summed E-state index contributed by atoms with van der Waals surface area (Å²) in [5.41, 5.74) is 0. The molecule has 0 saturated carbocycles. The van der Waals surface area contributed by atoms with Crippen LogP contribution in [-0.4, -0.2) is 51.6 Å². The molecule has 0 unspecified atom stereocenters. The summed E-state index contributed by atoms with van der Waals surface area (Å²) in [6.45, 7) is -0.363. The Kier molecular flexibility index (Phi) is 1.83. The second-order valence-corrected chi connectivity index (χ2v) is 2.15. The van der Waals surface area contributed by atoms with Gasteiger partial charge in [0.15, 0.2) is 6.27 Å². The molecule has 5 nitrogen and oxygen atoms in total. The Bertz CT molecular complexity index is 150. The predicted molar refractivity (Wildman–Crippen MR) is 30.0 cm³/mol. The molecule has 4 N–H and O–H groups in total. The van der Waals surface area contributed by atoms with E-state index in [9.17, 15) is 0 Å². The average Bonchev–Trinajstić information content (AvgIpc) is 1.95. The Morgan fingerprint density at radius 1 is 1.20 bits per heavy atom. The highest BCUT2D eigenvalue weighted by Gasteiger charge is 2.36. The first-order valence-corrected chi connectivity index (χ1v) is 2.85. The molecule has 1 aliphatic heterocycles. The second-order valence-electron chi connectivity index (χ2n) is 2.15. The van der Waals surface area contributed by atoms with Gasteiger partial charge in [0.1, 0.15) is 18.3 Å². The lowest BCUT2D eigenvalue weighted by Crippen LogP contribution is -2.52. The number of hydrogen-bond donors (Lipinski definition) is 4. The van der Waals surface area contributed by atoms with Crippen LogP contribution in [0.2, 0.25) is 0 Å². The molecule has 0 radical (unpaired) electrons. The maximum Gasteiger partial charge on any atom is 0.183 e. The fraction of sp³-hybridized carbons (Fsp3) is 1.00. The van der Waals surface area contributed by atoms with Crippen LogP contribution in [0.15, 0.2) is 0 Å². The van der Waals surface area contributed by atoms with Crippen molar-refractivity contribution in [2.24, 2.45) is 0 Å². The van der Waals surface area contributed by atoms with Crippen molar-refractivity contribution in [1.82, 2.24) is 0 Å². The molecule has 0 amide bonds. The van der Waals surface area contributed by atoms with Crippen LogP contribution in [0.3, 0.4) is 0 Å². The van der Waals surface area contributed by atoms with Crippen molar-refractivity contribution in [2.45, 2.75) is 24.6 Å². The molecule has 1 heterocycles. The summed E-state index contributed by atoms with van der Waals surface area (Å²) in [6, 6.07) is 0. The van der Waals surface area contributed by atoms with Crippen molar-refractivity contribution in [3.8, 4) is 0 Å². The van der Waals surface area contributed by atoms with Crippen LogP contribution >= 0.6 is 0 Å². The van der Waals surface area contributed by atoms with E-state index in [1.165, 1.54) is 0 Å². The van der Waals surface area contributed by atoms with Crippen LogP contribution in [0.5, 0.6) is 0 Å². The van der Waals surface area contributed by atoms with Gasteiger partial charge in [-0.15, -0.1) is 0 Å². The van der Waals surface area contributed by atoms with E-state index in [0.717, 1.165) is 0 Å². The van der Waals surface area contributed by atoms with E-state index < -0.39 is 24.6 Å². The van der Waals surface area contributed by atoms with Crippen LogP contribution in [0.25, 0.3) is 0 Å². The predicted octanol–water partition coefficient (Wildman–Crippen LogP) is -2.58. The topological polar surface area (TPSA) is 90.2 Å². The molecule has 1 aliphatic rings. The fourth-order valence-corrected chi connectivity index (χ4v) is 0.711. The molecule has 1 rings (SSSR count). The number of aliphatic hydroxyl groups is 4. The summed E-state index contributed by atoms with van der Waals surface area (Å²) < 4.78 is 11.2. The van der Waals surface area contributed by atoms with Crippen molar-refractivity contribution in [2.75, 3.05) is 6.61 Å². The molecule has 0 aromatic heterocycles. The summed E-state index contributed by atoms with van der Waals surface area (Å²) in [7, 11) is 0. The molecule has 10 heavy (non-hydrogen) atoms. The van der Waals surface area contributed by atoms with Crippen molar-refractivity contribution >= 4 is 0 Å². The van der Waals surface area contributed by atoms with E-state index in [0.29, 0.717) is 0 Å². The van der Waals surface area contributed by atoms with Crippen LogP contribution < -0.4 is 0 Å². The Morgan fingerprint density at radius 2 is 1.80 bits per heavy atom. The molecular weight excluding hydrogens is 140 g/mol. The Morgan fingerprint density at radius 3 is 2.30 bits per heavy atom. The molecule has 1 saturated heterocycles. The zero-order valence-electron chi connectivity index (χ0n) is 6.14. The van der Waals surface area contributed by atoms with Gasteiger partial charge in [-0.05, 0) is 0 Å². The lowest BCUT2D eigenvalue weighted by molar-refractivity contribution is -0.252. The lowest BCUT2D eigenvalue weighted by Gasteiger charge is -2.31. The standard InChI is InChI=1S/C5H10O5/c6-2-1-10-5(9)4(8)3(2)7/h2-9H,1H2/t2-,3-,4+,5-/m0/s1/i5D. The van der Waals surface area contributed by atoms with Crippen LogP contribution in [0, 0.1) is 0 Å². The maximum atomic E-state index is 8.92. The van der Waals surface area contributed by atoms with Gasteiger partial charge in [-0.2, -0.15) is 0 Å². The van der Waals surface area contributed by atoms with Gasteiger partial charge in [0, 0.05) is 0 Å². The van der Waals surface area contributed by atoms with Crippen molar-refractivity contribution in [3.05, 3.63) is 0 Å². The van der Waals surface area contributed by atoms with Crippen LogP contribution in [0.4, 0.5) is 0 Å². The van der Waals surface area contributed by atoms with Crippen molar-refractivity contribution in [3.63, 3.8) is 0 Å². The Hall–Kier alpha value is -0.200. The zero-order chi connectivity index (χ0) is 8.65. The quantitative estimate of drug-likeness (QED) is 0.305. The summed E-state index contributed by atoms with van der Waals surface area (Å²) in [5.74, 6) is 0. The van der Waals surface area contributed by atoms with Gasteiger partial charge in [-0.1, -0.05) is 0 Å². The monoisotopic (exact) mass is 151 g/mol. The first-order valence-electron chi connectivity index (χ1n) is 3.35. The molecule has 1 fully saturated rings. The fourth-order valence-electron chi connectivity index (χ4n) is 0.711. The van der Waals surface area contributed by atoms with E-state index in [1.807, 2.05) is 0 Å². The molecule has 5 heteroatoms. The number of hydrogen-bond acceptors (Lipinski definition) is 5. The summed E-state index contributed by atoms with van der Waals surface area (Å²) >= 11 is 0. The average molecular weight is 151 g/mol. The van der Waals surface area contributed by atoms with Crippen molar-refractivity contribution in [1.29, 1.82) is 0 Å². The first-order chi connectivity index (χ1) is 4.95. The first kappa shape index (κ1) is 6.51. The van der Waals surface area contributed by atoms with Gasteiger partial charge >= 0.3 is 0 Å². The molecule has 0 aliphatic carbocycles. The van der Waals surface area contributed by atoms with Crippen LogP contribution in [0.1, 0.15) is 1.37 Å². The minimum atomic E-state index is -2.52. The normalized spacial score (nSPS) is 58.0. The second kappa shape index (κ2) is 2.81. The smallest absolute Gasteiger partial charge is 0.183 e. The molecule has 0 bridgehead atoms. The highest BCUT2D eigenvalue weighted by atomic mass is 16.6. The highest BCUT2D eigenvalue weighted by molar-refractivity contribution is 4.81. The summed E-state index contributed by atoms with van der Waals surface area (Å²) in [6.07, 6.45) is -7.10. The van der Waals surface area contributed by atoms with E-state index in [4.69, 9.17) is 21.8 Å². The van der Waals surface area contributed by atoms with Gasteiger partial charge < -0.3 is 25.2 Å². The van der Waals surface area contributed by atoms with E-state index in [-0.39, 0.29) is 6.61 Å².